The van der Waals surface area contributed by atoms with Crippen molar-refractivity contribution in [3.63, 3.8) is 0 Å². The molecule has 1 aromatic rings. The lowest BCUT2D eigenvalue weighted by Gasteiger charge is -2.20. The normalized spacial score (nSPS) is 20.8. The maximum Gasteiger partial charge on any atom is 0.324 e. The lowest BCUT2D eigenvalue weighted by Crippen LogP contribution is -2.39. The molecule has 0 radical (unpaired) electrons. The van der Waals surface area contributed by atoms with Gasteiger partial charge in [0.15, 0.2) is 6.04 Å². The lowest BCUT2D eigenvalue weighted by atomic mass is 10.0. The quantitative estimate of drug-likeness (QED) is 0.563. The Morgan fingerprint density at radius 3 is 2.30 bits per heavy atom. The second kappa shape index (κ2) is 10.2. The van der Waals surface area contributed by atoms with E-state index in [1.165, 1.54) is 37.8 Å². The summed E-state index contributed by atoms with van der Waals surface area (Å²) in [5.41, 5.74) is 0.933. The van der Waals surface area contributed by atoms with E-state index < -0.39 is 22.0 Å². The zero-order valence-electron chi connectivity index (χ0n) is 16.3. The van der Waals surface area contributed by atoms with Gasteiger partial charge in [-0.25, -0.2) is 8.42 Å². The number of hydroxylamine groups is 1. The van der Waals surface area contributed by atoms with Crippen LogP contribution in [0.3, 0.4) is 0 Å². The van der Waals surface area contributed by atoms with E-state index >= 15 is 0 Å². The van der Waals surface area contributed by atoms with Gasteiger partial charge in [-0.2, -0.15) is 0 Å². The van der Waals surface area contributed by atoms with E-state index in [1.807, 2.05) is 6.92 Å². The number of carboxylic acid groups (broad SMARTS) is 1. The molecule has 0 amide bonds. The Morgan fingerprint density at radius 2 is 1.70 bits per heavy atom. The number of hydrogen-bond donors (Lipinski definition) is 1. The van der Waals surface area contributed by atoms with Gasteiger partial charge in [0, 0.05) is 6.42 Å². The Bertz CT molecular complexity index is 702. The van der Waals surface area contributed by atoms with E-state index in [9.17, 15) is 18.3 Å². The molecule has 2 atom stereocenters. The van der Waals surface area contributed by atoms with Crippen molar-refractivity contribution in [2.45, 2.75) is 88.7 Å². The highest BCUT2D eigenvalue weighted by atomic mass is 32.2. The monoisotopic (exact) mass is 397 g/mol. The number of aliphatic carboxylic acids is 1. The fraction of sp³-hybridized carbons (Fsp3) is 0.650. The SMILES string of the molecule is CCCCCCCCC[C@@H]1C[C@H](C(=O)O)N(S(=O)(=O)c2ccc(C)cc2)O1. The molecule has 0 aromatic heterocycles. The van der Waals surface area contributed by atoms with Crippen LogP contribution in [0, 0.1) is 6.92 Å². The summed E-state index contributed by atoms with van der Waals surface area (Å²) in [6.45, 7) is 4.05. The Balaban J connectivity index is 1.94. The van der Waals surface area contributed by atoms with Crippen LogP contribution < -0.4 is 0 Å². The first kappa shape index (κ1) is 21.9. The van der Waals surface area contributed by atoms with E-state index in [2.05, 4.69) is 6.92 Å². The number of benzene rings is 1. The molecule has 6 nitrogen and oxygen atoms in total. The van der Waals surface area contributed by atoms with Crippen molar-refractivity contribution >= 4 is 16.0 Å². The first-order chi connectivity index (χ1) is 12.9. The number of sulfonamides is 1. The minimum Gasteiger partial charge on any atom is -0.480 e. The molecule has 1 N–H and O–H groups in total. The molecule has 1 aliphatic rings. The highest BCUT2D eigenvalue weighted by Gasteiger charge is 2.45. The van der Waals surface area contributed by atoms with Crippen molar-refractivity contribution in [1.82, 2.24) is 4.47 Å². The topological polar surface area (TPSA) is 83.9 Å². The Labute approximate surface area is 162 Å². The minimum absolute atomic E-state index is 0.0518. The van der Waals surface area contributed by atoms with Gasteiger partial charge in [-0.15, -0.1) is 0 Å². The van der Waals surface area contributed by atoms with Gasteiger partial charge < -0.3 is 5.11 Å². The number of hydrogen-bond acceptors (Lipinski definition) is 4. The van der Waals surface area contributed by atoms with Crippen LogP contribution in [0.5, 0.6) is 0 Å². The zero-order chi connectivity index (χ0) is 19.9. The Morgan fingerprint density at radius 1 is 1.11 bits per heavy atom. The Hall–Kier alpha value is -1.44. The van der Waals surface area contributed by atoms with Crippen LogP contribution in [0.15, 0.2) is 29.2 Å². The molecular weight excluding hydrogens is 366 g/mol. The van der Waals surface area contributed by atoms with Gasteiger partial charge >= 0.3 is 5.97 Å². The van der Waals surface area contributed by atoms with Gasteiger partial charge in [0.25, 0.3) is 10.0 Å². The molecule has 1 fully saturated rings. The average molecular weight is 398 g/mol. The predicted octanol–water partition coefficient (Wildman–Crippen LogP) is 4.28. The fourth-order valence-corrected chi connectivity index (χ4v) is 4.76. The molecule has 152 valence electrons. The third-order valence-electron chi connectivity index (χ3n) is 4.96. The van der Waals surface area contributed by atoms with Crippen molar-refractivity contribution in [3.8, 4) is 0 Å². The molecule has 2 rings (SSSR count). The molecule has 1 heterocycles. The number of unbranched alkanes of at least 4 members (excludes halogenated alkanes) is 6. The van der Waals surface area contributed by atoms with Gasteiger partial charge in [-0.3, -0.25) is 9.63 Å². The summed E-state index contributed by atoms with van der Waals surface area (Å²) in [6.07, 6.45) is 8.57. The summed E-state index contributed by atoms with van der Waals surface area (Å²) < 4.78 is 26.3. The predicted molar refractivity (Wildman–Crippen MR) is 104 cm³/mol. The second-order valence-electron chi connectivity index (χ2n) is 7.30. The smallest absolute Gasteiger partial charge is 0.324 e. The molecular formula is C20H31NO5S. The van der Waals surface area contributed by atoms with Crippen LogP contribution >= 0.6 is 0 Å². The molecule has 27 heavy (non-hydrogen) atoms. The van der Waals surface area contributed by atoms with Gasteiger partial charge in [-0.05, 0) is 25.5 Å². The van der Waals surface area contributed by atoms with E-state index in [1.54, 1.807) is 12.1 Å². The van der Waals surface area contributed by atoms with Crippen molar-refractivity contribution < 1.29 is 23.2 Å². The molecule has 0 unspecified atom stereocenters. The molecule has 1 saturated heterocycles. The van der Waals surface area contributed by atoms with E-state index in [0.717, 1.165) is 24.8 Å². The number of nitrogens with zero attached hydrogens (tertiary/aromatic N) is 1. The first-order valence-corrected chi connectivity index (χ1v) is 11.3. The Kier molecular flexibility index (Phi) is 8.26. The maximum absolute atomic E-state index is 12.8. The number of carboxylic acids is 1. The highest BCUT2D eigenvalue weighted by molar-refractivity contribution is 7.89. The summed E-state index contributed by atoms with van der Waals surface area (Å²) in [4.78, 5) is 17.2. The third kappa shape index (κ3) is 6.02. The number of rotatable bonds is 11. The van der Waals surface area contributed by atoms with Crippen LogP contribution in [0.25, 0.3) is 0 Å². The highest BCUT2D eigenvalue weighted by Crippen LogP contribution is 2.31. The van der Waals surface area contributed by atoms with Crippen molar-refractivity contribution in [2.24, 2.45) is 0 Å². The van der Waals surface area contributed by atoms with Crippen LogP contribution in [0.2, 0.25) is 0 Å². The first-order valence-electron chi connectivity index (χ1n) is 9.87. The van der Waals surface area contributed by atoms with Crippen LogP contribution in [-0.4, -0.2) is 36.1 Å². The molecule has 1 aromatic carbocycles. The zero-order valence-corrected chi connectivity index (χ0v) is 17.1. The fourth-order valence-electron chi connectivity index (χ4n) is 3.33. The summed E-state index contributed by atoms with van der Waals surface area (Å²) >= 11 is 0. The molecule has 1 aliphatic heterocycles. The van der Waals surface area contributed by atoms with Crippen molar-refractivity contribution in [2.75, 3.05) is 0 Å². The number of carbonyl (C=O) groups is 1. The van der Waals surface area contributed by atoms with Crippen LogP contribution in [0.1, 0.15) is 70.3 Å². The average Bonchev–Trinajstić information content (AvgIpc) is 3.07. The van der Waals surface area contributed by atoms with E-state index in [4.69, 9.17) is 4.84 Å². The largest absolute Gasteiger partial charge is 0.480 e. The second-order valence-corrected chi connectivity index (χ2v) is 9.08. The lowest BCUT2D eigenvalue weighted by molar-refractivity contribution is -0.150. The third-order valence-corrected chi connectivity index (χ3v) is 6.65. The van der Waals surface area contributed by atoms with Gasteiger partial charge in [0.05, 0.1) is 11.0 Å². The van der Waals surface area contributed by atoms with E-state index in [0.29, 0.717) is 10.9 Å². The molecule has 0 aliphatic carbocycles. The van der Waals surface area contributed by atoms with Gasteiger partial charge in [0.1, 0.15) is 0 Å². The molecule has 0 saturated carbocycles. The molecule has 0 bridgehead atoms. The minimum atomic E-state index is -4.00. The summed E-state index contributed by atoms with van der Waals surface area (Å²) in [6, 6.07) is 5.17. The molecule has 7 heteroatoms. The molecule has 0 spiro atoms. The van der Waals surface area contributed by atoms with Crippen molar-refractivity contribution in [3.05, 3.63) is 29.8 Å². The van der Waals surface area contributed by atoms with Crippen LogP contribution in [-0.2, 0) is 19.7 Å². The van der Waals surface area contributed by atoms with Gasteiger partial charge in [0.2, 0.25) is 0 Å². The number of aryl methyl sites for hydroxylation is 1. The summed E-state index contributed by atoms with van der Waals surface area (Å²) in [5.74, 6) is -1.17. The standard InChI is InChI=1S/C20H31NO5S/c1-3-4-5-6-7-8-9-10-17-15-19(20(22)23)21(26-17)27(24,25)18-13-11-16(2)12-14-18/h11-14,17,19H,3-10,15H2,1-2H3,(H,22,23)/t17-,19-/m1/s1. The summed E-state index contributed by atoms with van der Waals surface area (Å²) in [7, 11) is -4.00. The summed E-state index contributed by atoms with van der Waals surface area (Å²) in [5, 5.41) is 9.46. The van der Waals surface area contributed by atoms with Crippen molar-refractivity contribution in [1.29, 1.82) is 0 Å². The maximum atomic E-state index is 12.8. The van der Waals surface area contributed by atoms with Crippen LogP contribution in [0.4, 0.5) is 0 Å². The van der Waals surface area contributed by atoms with E-state index in [-0.39, 0.29) is 17.4 Å². The van der Waals surface area contributed by atoms with Gasteiger partial charge in [-0.1, -0.05) is 74.0 Å².